The number of halogens is 3. The molecule has 0 unspecified atom stereocenters. The van der Waals surface area contributed by atoms with E-state index in [4.69, 9.17) is 5.84 Å². The highest BCUT2D eigenvalue weighted by Gasteiger charge is 2.22. The molecule has 0 spiro atoms. The van der Waals surface area contributed by atoms with E-state index in [2.05, 4.69) is 26.3 Å². The van der Waals surface area contributed by atoms with Crippen molar-refractivity contribution in [1.29, 1.82) is 0 Å². The van der Waals surface area contributed by atoms with Crippen molar-refractivity contribution in [2.24, 2.45) is 5.84 Å². The Balaban J connectivity index is 2.48. The first-order valence-corrected chi connectivity index (χ1v) is 7.72. The SMILES string of the molecule is NNc1ncccc1S(=O)(=O)Nc1c(F)cc(F)cc1Br. The zero-order valence-electron chi connectivity index (χ0n) is 10.3. The predicted molar refractivity (Wildman–Crippen MR) is 76.9 cm³/mol. The van der Waals surface area contributed by atoms with Gasteiger partial charge in [-0.15, -0.1) is 0 Å². The molecule has 0 saturated heterocycles. The fourth-order valence-corrected chi connectivity index (χ4v) is 3.39. The van der Waals surface area contributed by atoms with Crippen LogP contribution < -0.4 is 16.0 Å². The third kappa shape index (κ3) is 3.28. The average molecular weight is 379 g/mol. The Morgan fingerprint density at radius 1 is 1.29 bits per heavy atom. The molecule has 0 radical (unpaired) electrons. The van der Waals surface area contributed by atoms with Crippen LogP contribution >= 0.6 is 15.9 Å². The largest absolute Gasteiger partial charge is 0.307 e. The minimum absolute atomic E-state index is 0.0743. The van der Waals surface area contributed by atoms with Gasteiger partial charge in [0.05, 0.1) is 5.69 Å². The predicted octanol–water partition coefficient (Wildman–Crippen LogP) is 2.21. The highest BCUT2D eigenvalue weighted by Crippen LogP contribution is 2.30. The molecule has 6 nitrogen and oxygen atoms in total. The van der Waals surface area contributed by atoms with E-state index in [-0.39, 0.29) is 15.2 Å². The lowest BCUT2D eigenvalue weighted by molar-refractivity contribution is 0.581. The van der Waals surface area contributed by atoms with Gasteiger partial charge in [-0.05, 0) is 34.1 Å². The molecule has 0 aliphatic heterocycles. The van der Waals surface area contributed by atoms with Gasteiger partial charge in [0.1, 0.15) is 10.7 Å². The van der Waals surface area contributed by atoms with Gasteiger partial charge in [0.15, 0.2) is 11.6 Å². The molecular formula is C11H9BrF2N4O2S. The summed E-state index contributed by atoms with van der Waals surface area (Å²) in [4.78, 5) is 3.47. The van der Waals surface area contributed by atoms with Gasteiger partial charge in [0.25, 0.3) is 10.0 Å². The number of nitrogens with two attached hydrogens (primary N) is 1. The number of nitrogen functional groups attached to an aromatic ring is 1. The van der Waals surface area contributed by atoms with Gasteiger partial charge >= 0.3 is 0 Å². The fraction of sp³-hybridized carbons (Fsp3) is 0. The molecule has 0 atom stereocenters. The first kappa shape index (κ1) is 15.6. The van der Waals surface area contributed by atoms with Crippen LogP contribution in [0.4, 0.5) is 20.3 Å². The Hall–Kier alpha value is -1.78. The second-order valence-electron chi connectivity index (χ2n) is 3.84. The van der Waals surface area contributed by atoms with Crippen LogP contribution in [-0.4, -0.2) is 13.4 Å². The van der Waals surface area contributed by atoms with Gasteiger partial charge in [-0.1, -0.05) is 0 Å². The quantitative estimate of drug-likeness (QED) is 0.559. The van der Waals surface area contributed by atoms with Gasteiger partial charge in [-0.25, -0.2) is 28.0 Å². The number of sulfonamides is 1. The van der Waals surface area contributed by atoms with Crippen LogP contribution in [0.25, 0.3) is 0 Å². The van der Waals surface area contributed by atoms with E-state index in [0.717, 1.165) is 6.07 Å². The van der Waals surface area contributed by atoms with Crippen molar-refractivity contribution in [3.63, 3.8) is 0 Å². The van der Waals surface area contributed by atoms with Gasteiger partial charge in [-0.3, -0.25) is 4.72 Å². The van der Waals surface area contributed by atoms with Crippen LogP contribution in [0.2, 0.25) is 0 Å². The topological polar surface area (TPSA) is 97.1 Å². The summed E-state index contributed by atoms with van der Waals surface area (Å²) >= 11 is 2.90. The molecule has 10 heteroatoms. The van der Waals surface area contributed by atoms with Gasteiger partial charge in [0.2, 0.25) is 0 Å². The number of hydrogen-bond donors (Lipinski definition) is 3. The van der Waals surface area contributed by atoms with E-state index in [1.54, 1.807) is 0 Å². The molecule has 0 saturated carbocycles. The Kier molecular flexibility index (Phi) is 4.40. The molecule has 0 amide bonds. The van der Waals surface area contributed by atoms with Crippen LogP contribution in [0.1, 0.15) is 0 Å². The van der Waals surface area contributed by atoms with E-state index < -0.39 is 27.3 Å². The highest BCUT2D eigenvalue weighted by molar-refractivity contribution is 9.10. The Bertz CT molecular complexity index is 763. The monoisotopic (exact) mass is 378 g/mol. The zero-order chi connectivity index (χ0) is 15.6. The van der Waals surface area contributed by atoms with Crippen molar-refractivity contribution >= 4 is 37.5 Å². The molecule has 0 fully saturated rings. The van der Waals surface area contributed by atoms with E-state index in [9.17, 15) is 17.2 Å². The summed E-state index contributed by atoms with van der Waals surface area (Å²) in [6.45, 7) is 0. The van der Waals surface area contributed by atoms with Crippen molar-refractivity contribution in [2.75, 3.05) is 10.1 Å². The lowest BCUT2D eigenvalue weighted by Gasteiger charge is -2.12. The Labute approximate surface area is 127 Å². The van der Waals surface area contributed by atoms with E-state index in [1.807, 2.05) is 4.72 Å². The summed E-state index contributed by atoms with van der Waals surface area (Å²) in [5.74, 6) is 3.18. The second-order valence-corrected chi connectivity index (χ2v) is 6.35. The van der Waals surface area contributed by atoms with Crippen molar-refractivity contribution in [1.82, 2.24) is 4.98 Å². The molecule has 1 aromatic carbocycles. The molecule has 4 N–H and O–H groups in total. The van der Waals surface area contributed by atoms with Crippen LogP contribution in [0.15, 0.2) is 39.8 Å². The van der Waals surface area contributed by atoms with Gasteiger partial charge < -0.3 is 5.43 Å². The maximum Gasteiger partial charge on any atom is 0.265 e. The van der Waals surface area contributed by atoms with Crippen LogP contribution in [0.3, 0.4) is 0 Å². The van der Waals surface area contributed by atoms with Crippen molar-refractivity contribution in [2.45, 2.75) is 4.90 Å². The van der Waals surface area contributed by atoms with E-state index in [1.165, 1.54) is 18.3 Å². The van der Waals surface area contributed by atoms with Crippen LogP contribution in [0, 0.1) is 11.6 Å². The molecule has 2 aromatic rings. The van der Waals surface area contributed by atoms with Crippen LogP contribution in [0.5, 0.6) is 0 Å². The van der Waals surface area contributed by atoms with E-state index >= 15 is 0 Å². The normalized spacial score (nSPS) is 11.2. The summed E-state index contributed by atoms with van der Waals surface area (Å²) in [5, 5.41) is 0. The summed E-state index contributed by atoms with van der Waals surface area (Å²) in [5.41, 5.74) is 1.72. The summed E-state index contributed by atoms with van der Waals surface area (Å²) in [7, 11) is -4.16. The number of rotatable bonds is 4. The lowest BCUT2D eigenvalue weighted by atomic mass is 10.3. The summed E-state index contributed by atoms with van der Waals surface area (Å²) < 4.78 is 53.1. The molecule has 112 valence electrons. The summed E-state index contributed by atoms with van der Waals surface area (Å²) in [6.07, 6.45) is 1.34. The maximum absolute atomic E-state index is 13.7. The van der Waals surface area contributed by atoms with Gasteiger partial charge in [0, 0.05) is 16.7 Å². The minimum Gasteiger partial charge on any atom is -0.307 e. The van der Waals surface area contributed by atoms with Crippen molar-refractivity contribution < 1.29 is 17.2 Å². The number of hydrogen-bond acceptors (Lipinski definition) is 5. The Morgan fingerprint density at radius 2 is 2.00 bits per heavy atom. The first-order valence-electron chi connectivity index (χ1n) is 5.44. The molecular weight excluding hydrogens is 370 g/mol. The second kappa shape index (κ2) is 5.92. The molecule has 2 rings (SSSR count). The maximum atomic E-state index is 13.7. The van der Waals surface area contributed by atoms with Crippen molar-refractivity contribution in [3.8, 4) is 0 Å². The molecule has 0 aliphatic rings. The highest BCUT2D eigenvalue weighted by atomic mass is 79.9. The molecule has 0 aliphatic carbocycles. The molecule has 1 heterocycles. The minimum atomic E-state index is -4.16. The first-order chi connectivity index (χ1) is 9.85. The third-order valence-corrected chi connectivity index (χ3v) is 4.45. The van der Waals surface area contributed by atoms with E-state index in [0.29, 0.717) is 6.07 Å². The molecule has 21 heavy (non-hydrogen) atoms. The number of nitrogens with zero attached hydrogens (tertiary/aromatic N) is 1. The van der Waals surface area contributed by atoms with Gasteiger partial charge in [-0.2, -0.15) is 0 Å². The fourth-order valence-electron chi connectivity index (χ4n) is 1.54. The lowest BCUT2D eigenvalue weighted by Crippen LogP contribution is -2.19. The average Bonchev–Trinajstić information content (AvgIpc) is 2.43. The summed E-state index contributed by atoms with van der Waals surface area (Å²) in [6, 6.07) is 4.12. The Morgan fingerprint density at radius 3 is 2.62 bits per heavy atom. The zero-order valence-corrected chi connectivity index (χ0v) is 12.7. The standard InChI is InChI=1S/C11H9BrF2N4O2S/c12-7-4-6(13)5-8(14)10(7)18-21(19,20)9-2-1-3-16-11(9)17-15/h1-5,18H,15H2,(H,16,17). The number of pyridine rings is 1. The smallest absolute Gasteiger partial charge is 0.265 e. The van der Waals surface area contributed by atoms with Crippen LogP contribution in [-0.2, 0) is 10.0 Å². The number of benzene rings is 1. The molecule has 1 aromatic heterocycles. The number of hydrazine groups is 1. The number of nitrogens with one attached hydrogen (secondary N) is 2. The molecule has 0 bridgehead atoms. The number of anilines is 2. The van der Waals surface area contributed by atoms with Crippen molar-refractivity contribution in [3.05, 3.63) is 46.6 Å². The number of aromatic nitrogens is 1. The third-order valence-electron chi connectivity index (χ3n) is 2.44.